The number of benzene rings is 1. The van der Waals surface area contributed by atoms with Crippen LogP contribution in [-0.2, 0) is 14.9 Å². The highest BCUT2D eigenvalue weighted by atomic mass is 35.5. The summed E-state index contributed by atoms with van der Waals surface area (Å²) in [4.78, 5) is 0. The Morgan fingerprint density at radius 2 is 1.83 bits per heavy atom. The summed E-state index contributed by atoms with van der Waals surface area (Å²) in [7, 11) is -3.50. The average molecular weight is 376 g/mol. The van der Waals surface area contributed by atoms with Crippen LogP contribution in [0, 0.1) is 0 Å². The van der Waals surface area contributed by atoms with E-state index in [1.54, 1.807) is 0 Å². The van der Waals surface area contributed by atoms with E-state index in [-0.39, 0.29) is 24.4 Å². The maximum Gasteiger partial charge on any atom is 0.282 e. The first-order chi connectivity index (χ1) is 10.8. The Hall–Kier alpha value is -0.700. The number of halogens is 1. The predicted molar refractivity (Wildman–Crippen MR) is 96.5 cm³/mol. The Labute approximate surface area is 150 Å². The standard InChI is InChI=1S/C16H25N3O3S.ClH/c1-16(2)12-18(8-9-22-16)23(20,21)19-10-14(15(17)11-19)13-6-4-3-5-7-13;/h3-7,14-15H,8-12,17H2,1-2H3;1H/t14-,15+;/m0./s1. The molecular formula is C16H26ClN3O3S. The molecule has 2 N–H and O–H groups in total. The van der Waals surface area contributed by atoms with Gasteiger partial charge in [-0.1, -0.05) is 30.3 Å². The molecule has 0 saturated carbocycles. The van der Waals surface area contributed by atoms with E-state index in [0.29, 0.717) is 32.8 Å². The van der Waals surface area contributed by atoms with Gasteiger partial charge in [-0.25, -0.2) is 0 Å². The van der Waals surface area contributed by atoms with Gasteiger partial charge in [0.05, 0.1) is 12.2 Å². The lowest BCUT2D eigenvalue weighted by Gasteiger charge is -2.38. The number of morpholine rings is 1. The number of rotatable bonds is 3. The van der Waals surface area contributed by atoms with Crippen LogP contribution in [-0.4, -0.2) is 61.5 Å². The summed E-state index contributed by atoms with van der Waals surface area (Å²) < 4.78 is 34.5. The molecule has 2 atom stereocenters. The fraction of sp³-hybridized carbons (Fsp3) is 0.625. The smallest absolute Gasteiger partial charge is 0.282 e. The summed E-state index contributed by atoms with van der Waals surface area (Å²) in [6.07, 6.45) is 0. The second-order valence-corrected chi connectivity index (χ2v) is 8.88. The van der Waals surface area contributed by atoms with Gasteiger partial charge in [0.1, 0.15) is 0 Å². The molecule has 0 aromatic heterocycles. The van der Waals surface area contributed by atoms with Crippen molar-refractivity contribution >= 4 is 22.6 Å². The Bertz CT molecular complexity index is 654. The molecule has 0 amide bonds. The third-order valence-electron chi connectivity index (χ3n) is 4.60. The Morgan fingerprint density at radius 3 is 2.46 bits per heavy atom. The first-order valence-corrected chi connectivity index (χ1v) is 9.39. The normalized spacial score (nSPS) is 28.5. The van der Waals surface area contributed by atoms with Crippen LogP contribution in [0.4, 0.5) is 0 Å². The van der Waals surface area contributed by atoms with Crippen LogP contribution in [0.25, 0.3) is 0 Å². The number of ether oxygens (including phenoxy) is 1. The molecule has 6 nitrogen and oxygen atoms in total. The second-order valence-electron chi connectivity index (χ2n) is 6.95. The monoisotopic (exact) mass is 375 g/mol. The van der Waals surface area contributed by atoms with Gasteiger partial charge in [-0.3, -0.25) is 0 Å². The van der Waals surface area contributed by atoms with E-state index >= 15 is 0 Å². The number of hydrogen-bond acceptors (Lipinski definition) is 4. The molecule has 136 valence electrons. The molecule has 2 fully saturated rings. The van der Waals surface area contributed by atoms with Crippen LogP contribution in [0.5, 0.6) is 0 Å². The van der Waals surface area contributed by atoms with Crippen molar-refractivity contribution < 1.29 is 13.2 Å². The van der Waals surface area contributed by atoms with E-state index < -0.39 is 15.8 Å². The fourth-order valence-corrected chi connectivity index (χ4v) is 5.18. The summed E-state index contributed by atoms with van der Waals surface area (Å²) in [6, 6.07) is 9.72. The van der Waals surface area contributed by atoms with Crippen molar-refractivity contribution in [2.24, 2.45) is 5.73 Å². The van der Waals surface area contributed by atoms with E-state index in [1.165, 1.54) is 8.61 Å². The van der Waals surface area contributed by atoms with Crippen LogP contribution < -0.4 is 5.73 Å². The Morgan fingerprint density at radius 1 is 1.17 bits per heavy atom. The second kappa shape index (κ2) is 7.27. The zero-order valence-corrected chi connectivity index (χ0v) is 15.7. The van der Waals surface area contributed by atoms with E-state index in [0.717, 1.165) is 5.56 Å². The minimum absolute atomic E-state index is 0. The molecule has 8 heteroatoms. The molecule has 3 rings (SSSR count). The number of nitrogens with two attached hydrogens (primary N) is 1. The number of nitrogens with zero attached hydrogens (tertiary/aromatic N) is 2. The first kappa shape index (κ1) is 19.6. The van der Waals surface area contributed by atoms with Gasteiger partial charge in [-0.15, -0.1) is 12.4 Å². The zero-order chi connectivity index (χ0) is 16.7. The molecule has 0 spiro atoms. The largest absolute Gasteiger partial charge is 0.373 e. The fourth-order valence-electron chi connectivity index (χ4n) is 3.37. The van der Waals surface area contributed by atoms with Crippen LogP contribution >= 0.6 is 12.4 Å². The summed E-state index contributed by atoms with van der Waals surface area (Å²) in [5.41, 5.74) is 6.88. The van der Waals surface area contributed by atoms with Crippen LogP contribution in [0.1, 0.15) is 25.3 Å². The van der Waals surface area contributed by atoms with Crippen molar-refractivity contribution in [3.05, 3.63) is 35.9 Å². The molecule has 1 aromatic rings. The molecule has 2 aliphatic rings. The van der Waals surface area contributed by atoms with Gasteiger partial charge < -0.3 is 10.5 Å². The van der Waals surface area contributed by atoms with E-state index in [9.17, 15) is 8.42 Å². The highest BCUT2D eigenvalue weighted by molar-refractivity contribution is 7.86. The molecule has 0 unspecified atom stereocenters. The van der Waals surface area contributed by atoms with Gasteiger partial charge in [0.15, 0.2) is 0 Å². The first-order valence-electron chi connectivity index (χ1n) is 7.99. The molecule has 1 aromatic carbocycles. The van der Waals surface area contributed by atoms with Crippen molar-refractivity contribution in [3.63, 3.8) is 0 Å². The van der Waals surface area contributed by atoms with Crippen molar-refractivity contribution in [3.8, 4) is 0 Å². The summed E-state index contributed by atoms with van der Waals surface area (Å²) in [5.74, 6) is 0.0417. The highest BCUT2D eigenvalue weighted by Gasteiger charge is 2.42. The third-order valence-corrected chi connectivity index (χ3v) is 6.52. The average Bonchev–Trinajstić information content (AvgIpc) is 2.90. The van der Waals surface area contributed by atoms with Crippen molar-refractivity contribution in [2.75, 3.05) is 32.8 Å². The van der Waals surface area contributed by atoms with Gasteiger partial charge in [0.25, 0.3) is 10.2 Å². The number of hydrogen-bond donors (Lipinski definition) is 1. The molecule has 0 aliphatic carbocycles. The van der Waals surface area contributed by atoms with Crippen LogP contribution in [0.3, 0.4) is 0 Å². The lowest BCUT2D eigenvalue weighted by Crippen LogP contribution is -2.54. The van der Waals surface area contributed by atoms with E-state index in [2.05, 4.69) is 0 Å². The Balaban J connectivity index is 0.00000208. The van der Waals surface area contributed by atoms with Gasteiger partial charge in [-0.2, -0.15) is 17.0 Å². The summed E-state index contributed by atoms with van der Waals surface area (Å²) in [6.45, 7) is 5.82. The molecule has 2 aliphatic heterocycles. The van der Waals surface area contributed by atoms with E-state index in [4.69, 9.17) is 10.5 Å². The maximum atomic E-state index is 12.9. The predicted octanol–water partition coefficient (Wildman–Crippen LogP) is 1.19. The topological polar surface area (TPSA) is 75.9 Å². The van der Waals surface area contributed by atoms with Gasteiger partial charge in [-0.05, 0) is 19.4 Å². The minimum Gasteiger partial charge on any atom is -0.373 e. The van der Waals surface area contributed by atoms with E-state index in [1.807, 2.05) is 44.2 Å². The van der Waals surface area contributed by atoms with Gasteiger partial charge in [0.2, 0.25) is 0 Å². The lowest BCUT2D eigenvalue weighted by atomic mass is 9.95. The zero-order valence-electron chi connectivity index (χ0n) is 14.1. The SMILES string of the molecule is CC1(C)CN(S(=O)(=O)N2C[C@@H](N)[C@H](c3ccccc3)C2)CCO1.Cl. The van der Waals surface area contributed by atoms with Gasteiger partial charge in [0, 0.05) is 38.1 Å². The highest BCUT2D eigenvalue weighted by Crippen LogP contribution is 2.30. The molecule has 2 saturated heterocycles. The van der Waals surface area contributed by atoms with Crippen molar-refractivity contribution in [1.29, 1.82) is 0 Å². The van der Waals surface area contributed by atoms with Crippen molar-refractivity contribution in [1.82, 2.24) is 8.61 Å². The molecule has 0 bridgehead atoms. The molecule has 2 heterocycles. The lowest BCUT2D eigenvalue weighted by molar-refractivity contribution is -0.0651. The van der Waals surface area contributed by atoms with Crippen LogP contribution in [0.2, 0.25) is 0 Å². The molecular weight excluding hydrogens is 350 g/mol. The summed E-state index contributed by atoms with van der Waals surface area (Å²) >= 11 is 0. The quantitative estimate of drug-likeness (QED) is 0.861. The third kappa shape index (κ3) is 3.92. The molecule has 0 radical (unpaired) electrons. The molecule has 24 heavy (non-hydrogen) atoms. The summed E-state index contributed by atoms with van der Waals surface area (Å²) in [5, 5.41) is 0. The van der Waals surface area contributed by atoms with Crippen molar-refractivity contribution in [2.45, 2.75) is 31.4 Å². The maximum absolute atomic E-state index is 12.9. The van der Waals surface area contributed by atoms with Gasteiger partial charge >= 0.3 is 0 Å². The minimum atomic E-state index is -3.50. The van der Waals surface area contributed by atoms with Crippen LogP contribution in [0.15, 0.2) is 30.3 Å². The Kier molecular flexibility index (Phi) is 5.95.